The van der Waals surface area contributed by atoms with Gasteiger partial charge in [-0.1, -0.05) is 11.1 Å². The Balaban J connectivity index is 1.94. The van der Waals surface area contributed by atoms with Crippen molar-refractivity contribution >= 4 is 36.1 Å². The van der Waals surface area contributed by atoms with Crippen LogP contribution in [0.4, 0.5) is 0 Å². The van der Waals surface area contributed by atoms with Gasteiger partial charge in [-0.05, 0) is 12.1 Å². The molecule has 10 nitrogen and oxygen atoms in total. The smallest absolute Gasteiger partial charge is 0.333 e. The second-order valence-electron chi connectivity index (χ2n) is 4.80. The zero-order valence-corrected chi connectivity index (χ0v) is 11.9. The molecule has 1 fully saturated rings. The van der Waals surface area contributed by atoms with Gasteiger partial charge in [-0.3, -0.25) is 24.0 Å². The first-order chi connectivity index (χ1) is 11.5. The number of imide groups is 2. The fraction of sp³-hybridized carbons (Fsp3) is 0.143. The average Bonchev–Trinajstić information content (AvgIpc) is 3.01. The highest BCUT2D eigenvalue weighted by atomic mass is 16.7. The van der Waals surface area contributed by atoms with Gasteiger partial charge in [0, 0.05) is 12.8 Å². The fourth-order valence-electron chi connectivity index (χ4n) is 2.36. The summed E-state index contributed by atoms with van der Waals surface area (Å²) in [6.07, 6.45) is -0.172. The Bertz CT molecular complexity index is 799. The number of amides is 4. The van der Waals surface area contributed by atoms with Crippen LogP contribution in [0.25, 0.3) is 0 Å². The van der Waals surface area contributed by atoms with Crippen molar-refractivity contribution in [1.29, 1.82) is 0 Å². The zero-order valence-electron chi connectivity index (χ0n) is 11.9. The lowest BCUT2D eigenvalue weighted by Crippen LogP contribution is -2.33. The van der Waals surface area contributed by atoms with Gasteiger partial charge in [0.2, 0.25) is 0 Å². The van der Waals surface area contributed by atoms with Gasteiger partial charge in [0.25, 0.3) is 23.6 Å². The number of rotatable bonds is 4. The van der Waals surface area contributed by atoms with Crippen LogP contribution in [0.5, 0.6) is 0 Å². The van der Waals surface area contributed by atoms with E-state index in [2.05, 4.69) is 4.84 Å². The normalized spacial score (nSPS) is 16.5. The number of nitrogens with zero attached hydrogens (tertiary/aromatic N) is 2. The second kappa shape index (κ2) is 5.57. The quantitative estimate of drug-likeness (QED) is 0.538. The van der Waals surface area contributed by atoms with E-state index in [0.29, 0.717) is 5.06 Å². The van der Waals surface area contributed by atoms with Crippen molar-refractivity contribution in [2.75, 3.05) is 0 Å². The van der Waals surface area contributed by atoms with Crippen LogP contribution in [0.2, 0.25) is 0 Å². The lowest BCUT2D eigenvalue weighted by molar-refractivity contribution is -0.172. The molecule has 0 unspecified atom stereocenters. The molecular weight excluding hydrogens is 324 g/mol. The molecule has 0 N–H and O–H groups in total. The second-order valence-corrected chi connectivity index (χ2v) is 4.80. The summed E-state index contributed by atoms with van der Waals surface area (Å²) in [5.41, 5.74) is -0.848. The number of fused-ring (bicyclic) bond motifs is 1. The van der Waals surface area contributed by atoms with E-state index in [1.165, 1.54) is 18.2 Å². The van der Waals surface area contributed by atoms with Crippen LogP contribution >= 0.6 is 0 Å². The van der Waals surface area contributed by atoms with Crippen LogP contribution in [-0.2, 0) is 24.1 Å². The van der Waals surface area contributed by atoms with Gasteiger partial charge in [0.05, 0.1) is 16.7 Å². The fourth-order valence-corrected chi connectivity index (χ4v) is 2.36. The summed E-state index contributed by atoms with van der Waals surface area (Å²) < 4.78 is 0. The third-order valence-electron chi connectivity index (χ3n) is 3.43. The number of carbonyl (C=O) groups excluding carboxylic acids is 6. The summed E-state index contributed by atoms with van der Waals surface area (Å²) in [5.74, 6) is -4.49. The molecule has 0 atom stereocenters. The van der Waals surface area contributed by atoms with Crippen molar-refractivity contribution in [2.24, 2.45) is 0 Å². The summed E-state index contributed by atoms with van der Waals surface area (Å²) >= 11 is 0. The van der Waals surface area contributed by atoms with Gasteiger partial charge >= 0.3 is 12.4 Å². The van der Waals surface area contributed by atoms with Crippen LogP contribution < -0.4 is 0 Å². The van der Waals surface area contributed by atoms with Crippen molar-refractivity contribution in [2.45, 2.75) is 12.8 Å². The van der Waals surface area contributed by atoms with Crippen LogP contribution in [0.15, 0.2) is 18.2 Å². The largest absolute Gasteiger partial charge is 0.364 e. The lowest BCUT2D eigenvalue weighted by Gasteiger charge is -2.13. The topological polar surface area (TPSA) is 127 Å². The molecule has 1 aromatic rings. The molecule has 0 radical (unpaired) electrons. The highest BCUT2D eigenvalue weighted by Crippen LogP contribution is 2.27. The third kappa shape index (κ3) is 2.20. The number of benzene rings is 1. The molecule has 24 heavy (non-hydrogen) atoms. The number of hydrogen-bond acceptors (Lipinski definition) is 8. The van der Waals surface area contributed by atoms with Crippen molar-refractivity contribution in [3.8, 4) is 0 Å². The maximum Gasteiger partial charge on any atom is 0.364 e. The molecule has 4 amide bonds. The first kappa shape index (κ1) is 15.3. The molecule has 2 aliphatic heterocycles. The lowest BCUT2D eigenvalue weighted by atomic mass is 10.0. The van der Waals surface area contributed by atoms with E-state index >= 15 is 0 Å². The van der Waals surface area contributed by atoms with E-state index in [4.69, 9.17) is 4.84 Å². The molecule has 2 aliphatic rings. The van der Waals surface area contributed by atoms with Crippen molar-refractivity contribution in [1.82, 2.24) is 10.1 Å². The van der Waals surface area contributed by atoms with Gasteiger partial charge in [0.1, 0.15) is 0 Å². The average molecular weight is 332 g/mol. The minimum Gasteiger partial charge on any atom is -0.333 e. The summed E-state index contributed by atoms with van der Waals surface area (Å²) in [6.45, 7) is -0.110. The first-order valence-corrected chi connectivity index (χ1v) is 6.66. The molecule has 0 bridgehead atoms. The Labute approximate surface area is 133 Å². The number of hydrogen-bond donors (Lipinski definition) is 0. The molecule has 2 heterocycles. The van der Waals surface area contributed by atoms with Gasteiger partial charge in [-0.15, -0.1) is 5.06 Å². The predicted octanol–water partition coefficient (Wildman–Crippen LogP) is -0.409. The minimum atomic E-state index is -1.16. The molecular formula is C14H8N2O8. The highest BCUT2D eigenvalue weighted by Gasteiger charge is 2.42. The van der Waals surface area contributed by atoms with Gasteiger partial charge in [-0.25, -0.2) is 4.79 Å². The van der Waals surface area contributed by atoms with Crippen molar-refractivity contribution < 1.29 is 38.4 Å². The third-order valence-corrected chi connectivity index (χ3v) is 3.43. The van der Waals surface area contributed by atoms with Gasteiger partial charge < -0.3 is 9.68 Å². The Hall–Kier alpha value is -3.56. The molecule has 1 saturated heterocycles. The minimum absolute atomic E-state index is 0.0859. The van der Waals surface area contributed by atoms with E-state index in [-0.39, 0.29) is 41.1 Å². The van der Waals surface area contributed by atoms with E-state index in [0.717, 1.165) is 0 Å². The highest BCUT2D eigenvalue weighted by molar-refractivity contribution is 6.24. The maximum absolute atomic E-state index is 12.2. The van der Waals surface area contributed by atoms with Crippen LogP contribution in [0.1, 0.15) is 43.9 Å². The van der Waals surface area contributed by atoms with Crippen LogP contribution in [0, 0.1) is 0 Å². The number of hydroxylamine groups is 4. The van der Waals surface area contributed by atoms with E-state index in [1.54, 1.807) is 0 Å². The monoisotopic (exact) mass is 332 g/mol. The first-order valence-electron chi connectivity index (χ1n) is 6.66. The molecule has 10 heteroatoms. The summed E-state index contributed by atoms with van der Waals surface area (Å²) in [7, 11) is 0. The summed E-state index contributed by atoms with van der Waals surface area (Å²) in [5, 5.41) is 0.517. The van der Waals surface area contributed by atoms with Gasteiger partial charge in [-0.2, -0.15) is 0 Å². The molecule has 0 aromatic heterocycles. The molecule has 122 valence electrons. The molecule has 0 aliphatic carbocycles. The Morgan fingerprint density at radius 2 is 1.67 bits per heavy atom. The standard InChI is InChI=1S/C14H8N2O8/c17-6-23-16-12(20)7-2-1-3-8(11(7)13(16)21)14(22)24-15-9(18)4-5-10(15)19/h1-3,6H,4-5H2. The van der Waals surface area contributed by atoms with E-state index in [1.807, 2.05) is 0 Å². The molecule has 3 rings (SSSR count). The van der Waals surface area contributed by atoms with Crippen LogP contribution in [0.3, 0.4) is 0 Å². The molecule has 1 aromatic carbocycles. The summed E-state index contributed by atoms with van der Waals surface area (Å²) in [6, 6.07) is 3.74. The Morgan fingerprint density at radius 3 is 2.29 bits per heavy atom. The SMILES string of the molecule is O=CON1C(=O)c2cccc(C(=O)ON3C(=O)CCC3=O)c2C1=O. The van der Waals surface area contributed by atoms with Gasteiger partial charge in [0.15, 0.2) is 0 Å². The Kier molecular flexibility index (Phi) is 3.56. The Morgan fingerprint density at radius 1 is 1.00 bits per heavy atom. The predicted molar refractivity (Wildman–Crippen MR) is 70.6 cm³/mol. The number of carbonyl (C=O) groups is 6. The van der Waals surface area contributed by atoms with Crippen LogP contribution in [-0.4, -0.2) is 46.2 Å². The maximum atomic E-state index is 12.2. The van der Waals surface area contributed by atoms with Crippen molar-refractivity contribution in [3.05, 3.63) is 34.9 Å². The molecule has 0 spiro atoms. The van der Waals surface area contributed by atoms with E-state index < -0.39 is 29.6 Å². The summed E-state index contributed by atoms with van der Waals surface area (Å²) in [4.78, 5) is 78.7. The molecule has 0 saturated carbocycles. The zero-order chi connectivity index (χ0) is 17.4. The van der Waals surface area contributed by atoms with E-state index in [9.17, 15) is 28.8 Å². The van der Waals surface area contributed by atoms with Crippen molar-refractivity contribution in [3.63, 3.8) is 0 Å².